The van der Waals surface area contributed by atoms with Gasteiger partial charge in [-0.05, 0) is 23.8 Å². The molecule has 0 aromatic heterocycles. The zero-order chi connectivity index (χ0) is 15.9. The van der Waals surface area contributed by atoms with Crippen molar-refractivity contribution in [2.45, 2.75) is 11.4 Å². The highest BCUT2D eigenvalue weighted by atomic mass is 35.7. The Hall–Kier alpha value is -2.18. The van der Waals surface area contributed by atoms with Gasteiger partial charge in [0.15, 0.2) is 0 Å². The molecule has 0 radical (unpaired) electrons. The second kappa shape index (κ2) is 5.23. The van der Waals surface area contributed by atoms with Crippen LogP contribution in [0, 0.1) is 0 Å². The van der Waals surface area contributed by atoms with Crippen molar-refractivity contribution in [3.63, 3.8) is 0 Å². The smallest absolute Gasteiger partial charge is 0.261 e. The van der Waals surface area contributed by atoms with Gasteiger partial charge in [0.05, 0.1) is 22.6 Å². The van der Waals surface area contributed by atoms with E-state index in [0.717, 1.165) is 16.5 Å². The van der Waals surface area contributed by atoms with Gasteiger partial charge < -0.3 is 0 Å². The van der Waals surface area contributed by atoms with Crippen LogP contribution in [0.5, 0.6) is 0 Å². The average molecular weight is 336 g/mol. The maximum Gasteiger partial charge on any atom is 0.261 e. The lowest BCUT2D eigenvalue weighted by Crippen LogP contribution is -2.29. The minimum Gasteiger partial charge on any atom is -0.270 e. The highest BCUT2D eigenvalue weighted by Crippen LogP contribution is 2.28. The lowest BCUT2D eigenvalue weighted by Gasteiger charge is -2.13. The molecule has 0 aliphatic carbocycles. The molecule has 1 aliphatic heterocycles. The first kappa shape index (κ1) is 14.7. The van der Waals surface area contributed by atoms with Gasteiger partial charge in [0.1, 0.15) is 0 Å². The molecule has 5 nitrogen and oxygen atoms in total. The normalized spacial score (nSPS) is 14.3. The van der Waals surface area contributed by atoms with Gasteiger partial charge >= 0.3 is 0 Å². The summed E-state index contributed by atoms with van der Waals surface area (Å²) >= 11 is 0. The second-order valence-electron chi connectivity index (χ2n) is 4.83. The first-order valence-electron chi connectivity index (χ1n) is 6.37. The molecule has 22 heavy (non-hydrogen) atoms. The number of hydrogen-bond donors (Lipinski definition) is 0. The summed E-state index contributed by atoms with van der Waals surface area (Å²) in [7, 11) is 1.32. The number of halogens is 1. The third kappa shape index (κ3) is 2.51. The van der Waals surface area contributed by atoms with E-state index < -0.39 is 20.9 Å². The Morgan fingerprint density at radius 3 is 2.18 bits per heavy atom. The van der Waals surface area contributed by atoms with Crippen LogP contribution in [0.4, 0.5) is 0 Å². The molecule has 2 aromatic carbocycles. The molecule has 0 N–H and O–H groups in total. The van der Waals surface area contributed by atoms with E-state index in [0.29, 0.717) is 0 Å². The number of fused-ring (bicyclic) bond motifs is 1. The van der Waals surface area contributed by atoms with Crippen molar-refractivity contribution in [1.82, 2.24) is 4.90 Å². The van der Waals surface area contributed by atoms with Crippen molar-refractivity contribution in [1.29, 1.82) is 0 Å². The molecule has 112 valence electrons. The number of benzene rings is 2. The minimum atomic E-state index is -3.95. The van der Waals surface area contributed by atoms with Crippen molar-refractivity contribution in [3.05, 3.63) is 65.2 Å². The highest BCUT2D eigenvalue weighted by molar-refractivity contribution is 8.13. The molecule has 0 atom stereocenters. The first-order valence-corrected chi connectivity index (χ1v) is 8.68. The van der Waals surface area contributed by atoms with Gasteiger partial charge in [-0.15, -0.1) is 0 Å². The quantitative estimate of drug-likeness (QED) is 0.638. The largest absolute Gasteiger partial charge is 0.270 e. The van der Waals surface area contributed by atoms with Crippen LogP contribution in [-0.4, -0.2) is 25.1 Å². The highest BCUT2D eigenvalue weighted by Gasteiger charge is 2.36. The monoisotopic (exact) mass is 335 g/mol. The Morgan fingerprint density at radius 1 is 0.909 bits per heavy atom. The molecule has 0 spiro atoms. The van der Waals surface area contributed by atoms with E-state index in [1.807, 2.05) is 18.2 Å². The molecule has 0 bridgehead atoms. The van der Waals surface area contributed by atoms with E-state index in [1.54, 1.807) is 12.1 Å². The number of hydrogen-bond acceptors (Lipinski definition) is 4. The van der Waals surface area contributed by atoms with E-state index in [4.69, 9.17) is 10.7 Å². The number of carbonyl (C=O) groups excluding carboxylic acids is 2. The van der Waals surface area contributed by atoms with Crippen LogP contribution in [0.15, 0.2) is 53.4 Å². The molecular weight excluding hydrogens is 326 g/mol. The van der Waals surface area contributed by atoms with Gasteiger partial charge in [-0.25, -0.2) is 8.42 Å². The zero-order valence-corrected chi connectivity index (χ0v) is 12.8. The van der Waals surface area contributed by atoms with E-state index in [1.165, 1.54) is 12.1 Å². The van der Waals surface area contributed by atoms with Crippen LogP contribution in [0.2, 0.25) is 0 Å². The Kier molecular flexibility index (Phi) is 3.50. The summed E-state index contributed by atoms with van der Waals surface area (Å²) in [5.41, 5.74) is 1.05. The van der Waals surface area contributed by atoms with Crippen LogP contribution >= 0.6 is 10.7 Å². The minimum absolute atomic E-state index is 0.0580. The summed E-state index contributed by atoms with van der Waals surface area (Å²) in [6.45, 7) is 0.135. The Labute approximate surface area is 131 Å². The van der Waals surface area contributed by atoms with Crippen LogP contribution < -0.4 is 0 Å². The third-order valence-electron chi connectivity index (χ3n) is 3.41. The molecule has 7 heteroatoms. The van der Waals surface area contributed by atoms with Crippen molar-refractivity contribution in [2.75, 3.05) is 0 Å². The molecular formula is C15H10ClNO4S. The predicted octanol–water partition coefficient (Wildman–Crippen LogP) is 2.41. The van der Waals surface area contributed by atoms with Gasteiger partial charge in [-0.3, -0.25) is 14.5 Å². The van der Waals surface area contributed by atoms with E-state index >= 15 is 0 Å². The summed E-state index contributed by atoms with van der Waals surface area (Å²) in [5.74, 6) is -0.964. The number of amides is 2. The topological polar surface area (TPSA) is 71.5 Å². The Bertz CT molecular complexity index is 878. The SMILES string of the molecule is O=C1c2ccc(S(=O)(=O)Cl)cc2C(=O)N1Cc1ccccc1. The van der Waals surface area contributed by atoms with Crippen LogP contribution in [0.25, 0.3) is 0 Å². The molecule has 0 saturated carbocycles. The zero-order valence-electron chi connectivity index (χ0n) is 11.2. The summed E-state index contributed by atoms with van der Waals surface area (Å²) in [6, 6.07) is 12.7. The lowest BCUT2D eigenvalue weighted by molar-refractivity contribution is 0.0642. The van der Waals surface area contributed by atoms with Crippen LogP contribution in [0.1, 0.15) is 26.3 Å². The van der Waals surface area contributed by atoms with E-state index in [9.17, 15) is 18.0 Å². The van der Waals surface area contributed by atoms with Crippen molar-refractivity contribution in [3.8, 4) is 0 Å². The van der Waals surface area contributed by atoms with E-state index in [-0.39, 0.29) is 22.6 Å². The van der Waals surface area contributed by atoms with Gasteiger partial charge in [-0.2, -0.15) is 0 Å². The first-order chi connectivity index (χ1) is 10.4. The van der Waals surface area contributed by atoms with Crippen molar-refractivity contribution < 1.29 is 18.0 Å². The fourth-order valence-corrected chi connectivity index (χ4v) is 3.11. The molecule has 0 saturated heterocycles. The Morgan fingerprint density at radius 2 is 1.55 bits per heavy atom. The molecule has 2 amide bonds. The molecule has 0 unspecified atom stereocenters. The molecule has 1 heterocycles. The molecule has 3 rings (SSSR count). The second-order valence-corrected chi connectivity index (χ2v) is 7.39. The number of carbonyl (C=O) groups is 2. The summed E-state index contributed by atoms with van der Waals surface area (Å²) in [5, 5.41) is 0. The maximum atomic E-state index is 12.4. The van der Waals surface area contributed by atoms with Gasteiger partial charge in [0.25, 0.3) is 20.9 Å². The van der Waals surface area contributed by atoms with E-state index in [2.05, 4.69) is 0 Å². The molecule has 2 aromatic rings. The lowest BCUT2D eigenvalue weighted by atomic mass is 10.1. The fourth-order valence-electron chi connectivity index (χ4n) is 2.33. The number of nitrogens with zero attached hydrogens (tertiary/aromatic N) is 1. The number of imide groups is 1. The van der Waals surface area contributed by atoms with Crippen molar-refractivity contribution in [2.24, 2.45) is 0 Å². The van der Waals surface area contributed by atoms with Crippen molar-refractivity contribution >= 4 is 31.5 Å². The summed E-state index contributed by atoms with van der Waals surface area (Å²) in [6.07, 6.45) is 0. The summed E-state index contributed by atoms with van der Waals surface area (Å²) in [4.78, 5) is 25.5. The third-order valence-corrected chi connectivity index (χ3v) is 4.76. The Balaban J connectivity index is 1.98. The van der Waals surface area contributed by atoms with Gasteiger partial charge in [0, 0.05) is 10.7 Å². The van der Waals surface area contributed by atoms with Crippen LogP contribution in [-0.2, 0) is 15.6 Å². The molecule has 0 fully saturated rings. The van der Waals surface area contributed by atoms with Crippen LogP contribution in [0.3, 0.4) is 0 Å². The summed E-state index contributed by atoms with van der Waals surface area (Å²) < 4.78 is 22.7. The number of rotatable bonds is 3. The van der Waals surface area contributed by atoms with Gasteiger partial charge in [0.2, 0.25) is 0 Å². The maximum absolute atomic E-state index is 12.4. The molecule has 1 aliphatic rings. The fraction of sp³-hybridized carbons (Fsp3) is 0.0667. The standard InChI is InChI=1S/C15H10ClNO4S/c16-22(20,21)11-6-7-12-13(8-11)15(19)17(14(12)18)9-10-4-2-1-3-5-10/h1-8H,9H2. The average Bonchev–Trinajstić information content (AvgIpc) is 2.72. The predicted molar refractivity (Wildman–Crippen MR) is 80.1 cm³/mol. The van der Waals surface area contributed by atoms with Gasteiger partial charge in [-0.1, -0.05) is 30.3 Å².